The number of para-hydroxylation sites is 1. The molecule has 32 heavy (non-hydrogen) atoms. The van der Waals surface area contributed by atoms with Crippen LogP contribution in [-0.4, -0.2) is 44.3 Å². The molecule has 1 aliphatic rings. The highest BCUT2D eigenvalue weighted by atomic mass is 32.2. The number of piperidine rings is 1. The van der Waals surface area contributed by atoms with Crippen molar-refractivity contribution in [1.82, 2.24) is 19.0 Å². The Labute approximate surface area is 194 Å². The van der Waals surface area contributed by atoms with Crippen molar-refractivity contribution in [2.45, 2.75) is 30.3 Å². The molecule has 0 radical (unpaired) electrons. The maximum Gasteiger partial charge on any atom is 0.309 e. The molecule has 2 aromatic carbocycles. The molecule has 0 bridgehead atoms. The monoisotopic (exact) mass is 464 g/mol. The molecule has 1 aliphatic heterocycles. The zero-order valence-electron chi connectivity index (χ0n) is 17.8. The van der Waals surface area contributed by atoms with Crippen molar-refractivity contribution in [2.75, 3.05) is 19.3 Å². The second kappa shape index (κ2) is 8.96. The third-order valence-corrected chi connectivity index (χ3v) is 7.86. The molecule has 0 saturated carbocycles. The number of thioether (sulfide) groups is 1. The highest BCUT2D eigenvalue weighted by Gasteiger charge is 2.28. The average Bonchev–Trinajstić information content (AvgIpc) is 3.43. The topological polar surface area (TPSA) is 60.1 Å². The molecule has 5 rings (SSSR count). The van der Waals surface area contributed by atoms with Gasteiger partial charge in [-0.05, 0) is 43.4 Å². The maximum absolute atomic E-state index is 13.1. The van der Waals surface area contributed by atoms with Crippen LogP contribution in [0.15, 0.2) is 70.6 Å². The van der Waals surface area contributed by atoms with E-state index in [4.69, 9.17) is 0 Å². The van der Waals surface area contributed by atoms with Gasteiger partial charge in [0.15, 0.2) is 0 Å². The van der Waals surface area contributed by atoms with Crippen LogP contribution in [0.2, 0.25) is 0 Å². The fourth-order valence-corrected chi connectivity index (χ4v) is 5.91. The third-order valence-electron chi connectivity index (χ3n) is 6.10. The number of hydrogen-bond acceptors (Lipinski definition) is 5. The summed E-state index contributed by atoms with van der Waals surface area (Å²) in [5.74, 6) is 1.36. The Hall–Kier alpha value is -2.84. The van der Waals surface area contributed by atoms with E-state index in [1.54, 1.807) is 18.0 Å². The third kappa shape index (κ3) is 3.89. The van der Waals surface area contributed by atoms with Gasteiger partial charge in [0.05, 0.1) is 15.8 Å². The molecule has 1 saturated heterocycles. The van der Waals surface area contributed by atoms with Crippen LogP contribution in [0.3, 0.4) is 0 Å². The van der Waals surface area contributed by atoms with Gasteiger partial charge in [-0.3, -0.25) is 14.2 Å². The second-order valence-corrected chi connectivity index (χ2v) is 9.77. The number of fused-ring (bicyclic) bond motifs is 1. The molecular formula is C24H24N4O2S2. The molecule has 8 heteroatoms. The van der Waals surface area contributed by atoms with E-state index in [9.17, 15) is 9.59 Å². The minimum absolute atomic E-state index is 0.0405. The van der Waals surface area contributed by atoms with Crippen molar-refractivity contribution in [1.29, 1.82) is 0 Å². The van der Waals surface area contributed by atoms with Crippen LogP contribution in [0.25, 0.3) is 10.2 Å². The van der Waals surface area contributed by atoms with E-state index in [-0.39, 0.29) is 16.7 Å². The van der Waals surface area contributed by atoms with Gasteiger partial charge < -0.3 is 9.47 Å². The minimum Gasteiger partial charge on any atom is -0.339 e. The van der Waals surface area contributed by atoms with Gasteiger partial charge in [-0.2, -0.15) is 0 Å². The predicted octanol–water partition coefficient (Wildman–Crippen LogP) is 4.51. The Morgan fingerprint density at radius 2 is 1.88 bits per heavy atom. The summed E-state index contributed by atoms with van der Waals surface area (Å²) in [6.07, 6.45) is 7.48. The molecule has 0 unspecified atom stereocenters. The molecule has 1 fully saturated rings. The summed E-state index contributed by atoms with van der Waals surface area (Å²) < 4.78 is 4.88. The molecule has 6 nitrogen and oxygen atoms in total. The summed E-state index contributed by atoms with van der Waals surface area (Å²) in [5.41, 5.74) is 1.73. The Morgan fingerprint density at radius 1 is 1.12 bits per heavy atom. The van der Waals surface area contributed by atoms with Crippen LogP contribution in [-0.2, 0) is 6.67 Å². The minimum atomic E-state index is 0.0405. The first-order valence-electron chi connectivity index (χ1n) is 10.7. The molecule has 0 atom stereocenters. The van der Waals surface area contributed by atoms with Crippen LogP contribution in [0, 0.1) is 0 Å². The Balaban J connectivity index is 1.31. The van der Waals surface area contributed by atoms with E-state index in [2.05, 4.69) is 9.55 Å². The highest BCUT2D eigenvalue weighted by molar-refractivity contribution is 7.98. The Bertz CT molecular complexity index is 1310. The first-order chi connectivity index (χ1) is 15.7. The molecule has 1 amide bonds. The first kappa shape index (κ1) is 21.0. The normalized spacial score (nSPS) is 14.8. The molecule has 0 spiro atoms. The standard InChI is InChI=1S/C24H24N4O2S2/c1-31-20-8-4-2-6-18(20)23(29)26-13-10-17(11-14-26)22-25-12-15-27(22)16-28-19-7-3-5-9-21(19)32-24(28)30/h2-9,12,15,17H,10-11,13-14,16H2,1H3. The molecule has 2 aromatic heterocycles. The van der Waals surface area contributed by atoms with E-state index < -0.39 is 0 Å². The number of imidazole rings is 1. The zero-order chi connectivity index (χ0) is 22.1. The van der Waals surface area contributed by atoms with E-state index in [1.807, 2.05) is 70.5 Å². The van der Waals surface area contributed by atoms with Gasteiger partial charge in [-0.25, -0.2) is 4.98 Å². The lowest BCUT2D eigenvalue weighted by molar-refractivity contribution is 0.0706. The largest absolute Gasteiger partial charge is 0.339 e. The smallest absolute Gasteiger partial charge is 0.309 e. The number of carbonyl (C=O) groups is 1. The van der Waals surface area contributed by atoms with Gasteiger partial charge in [0.1, 0.15) is 12.5 Å². The number of rotatable bonds is 5. The number of benzene rings is 2. The van der Waals surface area contributed by atoms with Gasteiger partial charge in [0, 0.05) is 36.3 Å². The van der Waals surface area contributed by atoms with E-state index >= 15 is 0 Å². The maximum atomic E-state index is 13.1. The lowest BCUT2D eigenvalue weighted by Gasteiger charge is -2.32. The fourth-order valence-electron chi connectivity index (χ4n) is 4.43. The summed E-state index contributed by atoms with van der Waals surface area (Å²) in [5, 5.41) is 0. The van der Waals surface area contributed by atoms with Gasteiger partial charge in [0.2, 0.25) is 0 Å². The van der Waals surface area contributed by atoms with Crippen LogP contribution in [0.1, 0.15) is 34.9 Å². The predicted molar refractivity (Wildman–Crippen MR) is 130 cm³/mol. The number of hydrogen-bond donors (Lipinski definition) is 0. The lowest BCUT2D eigenvalue weighted by atomic mass is 9.95. The summed E-state index contributed by atoms with van der Waals surface area (Å²) >= 11 is 2.88. The van der Waals surface area contributed by atoms with Crippen molar-refractivity contribution in [3.63, 3.8) is 0 Å². The summed E-state index contributed by atoms with van der Waals surface area (Å²) in [6.45, 7) is 1.87. The van der Waals surface area contributed by atoms with Gasteiger partial charge >= 0.3 is 4.87 Å². The van der Waals surface area contributed by atoms with Crippen LogP contribution >= 0.6 is 23.1 Å². The molecule has 164 valence electrons. The van der Waals surface area contributed by atoms with E-state index in [0.717, 1.165) is 39.3 Å². The quantitative estimate of drug-likeness (QED) is 0.408. The van der Waals surface area contributed by atoms with Crippen molar-refractivity contribution < 1.29 is 4.79 Å². The number of nitrogens with zero attached hydrogens (tertiary/aromatic N) is 4. The summed E-state index contributed by atoms with van der Waals surface area (Å²) in [4.78, 5) is 33.3. The SMILES string of the molecule is CSc1ccccc1C(=O)N1CCC(c2nccn2Cn2c(=O)sc3ccccc32)CC1. The zero-order valence-corrected chi connectivity index (χ0v) is 19.4. The number of carbonyl (C=O) groups excluding carboxylic acids is 1. The van der Waals surface area contributed by atoms with Crippen LogP contribution < -0.4 is 4.87 Å². The average molecular weight is 465 g/mol. The van der Waals surface area contributed by atoms with Crippen molar-refractivity contribution in [2.24, 2.45) is 0 Å². The number of amides is 1. The van der Waals surface area contributed by atoms with Crippen LogP contribution in [0.4, 0.5) is 0 Å². The summed E-state index contributed by atoms with van der Waals surface area (Å²) in [7, 11) is 0. The Kier molecular flexibility index (Phi) is 5.89. The number of likely N-dealkylation sites (tertiary alicyclic amines) is 1. The number of aromatic nitrogens is 3. The fraction of sp³-hybridized carbons (Fsp3) is 0.292. The molecule has 0 N–H and O–H groups in total. The van der Waals surface area contributed by atoms with Gasteiger partial charge in [-0.1, -0.05) is 35.6 Å². The highest BCUT2D eigenvalue weighted by Crippen LogP contribution is 2.29. The van der Waals surface area contributed by atoms with Crippen molar-refractivity contribution in [3.8, 4) is 0 Å². The van der Waals surface area contributed by atoms with Gasteiger partial charge in [0.25, 0.3) is 5.91 Å². The number of thiazole rings is 1. The van der Waals surface area contributed by atoms with Gasteiger partial charge in [-0.15, -0.1) is 11.8 Å². The van der Waals surface area contributed by atoms with Crippen molar-refractivity contribution >= 4 is 39.2 Å². The lowest BCUT2D eigenvalue weighted by Crippen LogP contribution is -2.38. The molecule has 0 aliphatic carbocycles. The first-order valence-corrected chi connectivity index (χ1v) is 12.7. The molecule has 4 aromatic rings. The summed E-state index contributed by atoms with van der Waals surface area (Å²) in [6, 6.07) is 15.7. The Morgan fingerprint density at radius 3 is 2.69 bits per heavy atom. The molecular weight excluding hydrogens is 440 g/mol. The van der Waals surface area contributed by atoms with Crippen molar-refractivity contribution in [3.05, 3.63) is 82.0 Å². The van der Waals surface area contributed by atoms with E-state index in [0.29, 0.717) is 19.8 Å². The molecule has 3 heterocycles. The van der Waals surface area contributed by atoms with E-state index in [1.165, 1.54) is 11.3 Å². The second-order valence-electron chi connectivity index (χ2n) is 7.93. The van der Waals surface area contributed by atoms with Crippen LogP contribution in [0.5, 0.6) is 0 Å².